The Kier molecular flexibility index (Phi) is 6.74. The normalized spacial score (nSPS) is 13.9. The number of hydrogen-bond acceptors (Lipinski definition) is 4. The highest BCUT2D eigenvalue weighted by Crippen LogP contribution is 2.30. The third kappa shape index (κ3) is 5.76. The first-order valence-electron chi connectivity index (χ1n) is 10.6. The van der Waals surface area contributed by atoms with Crippen LogP contribution in [0.4, 0.5) is 8.78 Å². The molecule has 0 bridgehead atoms. The molecule has 1 aliphatic rings. The molecule has 3 aromatic rings. The minimum atomic E-state index is -4.09. The van der Waals surface area contributed by atoms with Crippen molar-refractivity contribution in [2.45, 2.75) is 37.2 Å². The fourth-order valence-electron chi connectivity index (χ4n) is 3.58. The first-order chi connectivity index (χ1) is 15.8. The monoisotopic (exact) mass is 471 g/mol. The van der Waals surface area contributed by atoms with Gasteiger partial charge in [0.1, 0.15) is 22.3 Å². The number of carbonyl (C=O) groups is 1. The first kappa shape index (κ1) is 22.9. The van der Waals surface area contributed by atoms with Crippen LogP contribution < -0.4 is 4.18 Å². The van der Waals surface area contributed by atoms with Crippen LogP contribution in [0.3, 0.4) is 0 Å². The van der Waals surface area contributed by atoms with Crippen molar-refractivity contribution in [3.63, 3.8) is 0 Å². The molecule has 172 valence electrons. The Bertz CT molecular complexity index is 1210. The van der Waals surface area contributed by atoms with Gasteiger partial charge in [-0.15, -0.1) is 0 Å². The van der Waals surface area contributed by atoms with Crippen LogP contribution in [0.25, 0.3) is 0 Å². The van der Waals surface area contributed by atoms with Crippen LogP contribution in [-0.2, 0) is 28.0 Å². The summed E-state index contributed by atoms with van der Waals surface area (Å²) in [6, 6.07) is 16.9. The number of benzene rings is 3. The zero-order valence-corrected chi connectivity index (χ0v) is 18.6. The van der Waals surface area contributed by atoms with Crippen LogP contribution in [0, 0.1) is 17.6 Å². The van der Waals surface area contributed by atoms with Crippen molar-refractivity contribution in [1.29, 1.82) is 0 Å². The van der Waals surface area contributed by atoms with Gasteiger partial charge in [0.15, 0.2) is 0 Å². The molecule has 0 radical (unpaired) electrons. The number of rotatable bonds is 8. The van der Waals surface area contributed by atoms with Gasteiger partial charge in [0.25, 0.3) is 0 Å². The molecule has 4 rings (SSSR count). The van der Waals surface area contributed by atoms with Gasteiger partial charge in [-0.1, -0.05) is 30.7 Å². The highest BCUT2D eigenvalue weighted by molar-refractivity contribution is 7.87. The number of nitrogens with zero attached hydrogens (tertiary/aromatic N) is 1. The highest BCUT2D eigenvalue weighted by atomic mass is 32.2. The molecular weight excluding hydrogens is 448 g/mol. The third-order valence-corrected chi connectivity index (χ3v) is 6.92. The summed E-state index contributed by atoms with van der Waals surface area (Å²) in [6.45, 7) is 0.685. The van der Waals surface area contributed by atoms with E-state index in [0.717, 1.165) is 54.7 Å². The molecule has 0 saturated heterocycles. The predicted octanol–water partition coefficient (Wildman–Crippen LogP) is 5.06. The molecular formula is C25H23F2NO4S. The zero-order chi connectivity index (χ0) is 23.4. The lowest BCUT2D eigenvalue weighted by atomic mass is 9.84. The molecule has 5 nitrogen and oxygen atoms in total. The van der Waals surface area contributed by atoms with E-state index >= 15 is 0 Å². The smallest absolute Gasteiger partial charge is 0.339 e. The van der Waals surface area contributed by atoms with Crippen LogP contribution in [0.1, 0.15) is 30.4 Å². The Morgan fingerprint density at radius 1 is 0.818 bits per heavy atom. The van der Waals surface area contributed by atoms with Gasteiger partial charge in [-0.3, -0.25) is 4.79 Å². The Labute approximate surface area is 191 Å². The van der Waals surface area contributed by atoms with Crippen LogP contribution in [0.5, 0.6) is 5.75 Å². The lowest BCUT2D eigenvalue weighted by molar-refractivity contribution is -0.139. The van der Waals surface area contributed by atoms with E-state index in [9.17, 15) is 22.0 Å². The summed E-state index contributed by atoms with van der Waals surface area (Å²) in [5.74, 6) is -0.695. The second-order valence-electron chi connectivity index (χ2n) is 8.08. The van der Waals surface area contributed by atoms with Crippen LogP contribution in [-0.4, -0.2) is 19.2 Å². The van der Waals surface area contributed by atoms with Crippen molar-refractivity contribution >= 4 is 16.0 Å². The molecule has 0 aromatic heterocycles. The molecule has 0 unspecified atom stereocenters. The fourth-order valence-corrected chi connectivity index (χ4v) is 4.51. The van der Waals surface area contributed by atoms with E-state index in [2.05, 4.69) is 0 Å². The molecule has 33 heavy (non-hydrogen) atoms. The van der Waals surface area contributed by atoms with E-state index in [0.29, 0.717) is 13.1 Å². The number of amides is 1. The SMILES string of the molecule is O=C(C1CCC1)N(Cc1ccc(F)cc1)Cc1ccc(OS(=O)(=O)c2ccc(F)cc2)cc1. The molecule has 0 N–H and O–H groups in total. The van der Waals surface area contributed by atoms with E-state index in [-0.39, 0.29) is 28.3 Å². The minimum Gasteiger partial charge on any atom is -0.379 e. The minimum absolute atomic E-state index is 0.00825. The molecule has 1 fully saturated rings. The van der Waals surface area contributed by atoms with E-state index in [1.165, 1.54) is 24.3 Å². The molecule has 0 aliphatic heterocycles. The third-order valence-electron chi connectivity index (χ3n) is 5.66. The number of hydrogen-bond donors (Lipinski definition) is 0. The van der Waals surface area contributed by atoms with E-state index in [1.54, 1.807) is 29.2 Å². The van der Waals surface area contributed by atoms with Crippen molar-refractivity contribution in [2.24, 2.45) is 5.92 Å². The summed E-state index contributed by atoms with van der Waals surface area (Å²) >= 11 is 0. The number of halogens is 2. The van der Waals surface area contributed by atoms with Crippen molar-refractivity contribution < 1.29 is 26.2 Å². The maximum absolute atomic E-state index is 13.3. The molecule has 1 aliphatic carbocycles. The Morgan fingerprint density at radius 2 is 1.30 bits per heavy atom. The average molecular weight is 472 g/mol. The predicted molar refractivity (Wildman–Crippen MR) is 119 cm³/mol. The summed E-state index contributed by atoms with van der Waals surface area (Å²) in [5, 5.41) is 0. The molecule has 0 spiro atoms. The topological polar surface area (TPSA) is 63.7 Å². The van der Waals surface area contributed by atoms with Crippen molar-refractivity contribution in [2.75, 3.05) is 0 Å². The largest absolute Gasteiger partial charge is 0.379 e. The molecule has 1 amide bonds. The first-order valence-corrected chi connectivity index (χ1v) is 12.0. The van der Waals surface area contributed by atoms with E-state index < -0.39 is 15.9 Å². The molecule has 1 saturated carbocycles. The second-order valence-corrected chi connectivity index (χ2v) is 9.63. The molecule has 8 heteroatoms. The fraction of sp³-hybridized carbons (Fsp3) is 0.240. The van der Waals surface area contributed by atoms with E-state index in [1.807, 2.05) is 0 Å². The van der Waals surface area contributed by atoms with Crippen molar-refractivity contribution in [1.82, 2.24) is 4.90 Å². The lowest BCUT2D eigenvalue weighted by Gasteiger charge is -2.32. The maximum atomic E-state index is 13.3. The van der Waals surface area contributed by atoms with Gasteiger partial charge < -0.3 is 9.08 Å². The van der Waals surface area contributed by atoms with Gasteiger partial charge in [0.05, 0.1) is 0 Å². The lowest BCUT2D eigenvalue weighted by Crippen LogP contribution is -2.38. The van der Waals surface area contributed by atoms with E-state index in [4.69, 9.17) is 4.18 Å². The Balaban J connectivity index is 1.46. The molecule has 0 heterocycles. The van der Waals surface area contributed by atoms with Crippen molar-refractivity contribution in [3.05, 3.63) is 95.6 Å². The van der Waals surface area contributed by atoms with Crippen LogP contribution in [0.2, 0.25) is 0 Å². The second kappa shape index (κ2) is 9.70. The van der Waals surface area contributed by atoms with Gasteiger partial charge in [-0.25, -0.2) is 8.78 Å². The van der Waals surface area contributed by atoms with Gasteiger partial charge in [0, 0.05) is 19.0 Å². The average Bonchev–Trinajstić information content (AvgIpc) is 2.75. The quantitative estimate of drug-likeness (QED) is 0.431. The summed E-state index contributed by atoms with van der Waals surface area (Å²) in [6.07, 6.45) is 2.77. The summed E-state index contributed by atoms with van der Waals surface area (Å²) in [7, 11) is -4.09. The molecule has 3 aromatic carbocycles. The molecule has 0 atom stereocenters. The Morgan fingerprint density at radius 3 is 1.79 bits per heavy atom. The van der Waals surface area contributed by atoms with Crippen molar-refractivity contribution in [3.8, 4) is 5.75 Å². The van der Waals surface area contributed by atoms with Crippen LogP contribution >= 0.6 is 0 Å². The van der Waals surface area contributed by atoms with Crippen LogP contribution in [0.15, 0.2) is 77.7 Å². The van der Waals surface area contributed by atoms with Gasteiger partial charge in [0.2, 0.25) is 5.91 Å². The van der Waals surface area contributed by atoms with Gasteiger partial charge in [-0.05, 0) is 72.5 Å². The highest BCUT2D eigenvalue weighted by Gasteiger charge is 2.29. The van der Waals surface area contributed by atoms with Gasteiger partial charge >= 0.3 is 10.1 Å². The summed E-state index contributed by atoms with van der Waals surface area (Å²) in [5.41, 5.74) is 1.63. The zero-order valence-electron chi connectivity index (χ0n) is 17.8. The van der Waals surface area contributed by atoms with Gasteiger partial charge in [-0.2, -0.15) is 8.42 Å². The summed E-state index contributed by atoms with van der Waals surface area (Å²) in [4.78, 5) is 14.5. The number of carbonyl (C=O) groups excluding carboxylic acids is 1. The standard InChI is InChI=1S/C25H23F2NO4S/c26-21-8-4-18(5-9-21)16-28(25(29)20-2-1-3-20)17-19-6-12-23(13-7-19)32-33(30,31)24-14-10-22(27)11-15-24/h4-15,20H,1-3,16-17H2. The maximum Gasteiger partial charge on any atom is 0.339 e. The Hall–Kier alpha value is -3.26. The summed E-state index contributed by atoms with van der Waals surface area (Å²) < 4.78 is 56.2.